The van der Waals surface area contributed by atoms with E-state index in [9.17, 15) is 13.2 Å². The van der Waals surface area contributed by atoms with E-state index in [0.717, 1.165) is 6.42 Å². The maximum absolute atomic E-state index is 12.2. The number of nitrogens with zero attached hydrogens (tertiary/aromatic N) is 3. The molecular formula is C10H16F3N5O2. The highest BCUT2D eigenvalue weighted by Crippen LogP contribution is 2.20. The van der Waals surface area contributed by atoms with E-state index >= 15 is 0 Å². The number of alkyl halides is 3. The molecule has 1 heterocycles. The number of rotatable bonds is 7. The van der Waals surface area contributed by atoms with Crippen molar-refractivity contribution in [3.05, 3.63) is 0 Å². The zero-order valence-corrected chi connectivity index (χ0v) is 11.0. The first-order chi connectivity index (χ1) is 9.36. The number of aromatic nitrogens is 3. The van der Waals surface area contributed by atoms with Crippen molar-refractivity contribution in [2.45, 2.75) is 25.6 Å². The van der Waals surface area contributed by atoms with Crippen molar-refractivity contribution in [3.63, 3.8) is 0 Å². The van der Waals surface area contributed by atoms with E-state index in [1.165, 1.54) is 0 Å². The molecule has 0 fully saturated rings. The van der Waals surface area contributed by atoms with Gasteiger partial charge in [-0.05, 0) is 6.42 Å². The largest absolute Gasteiger partial charge is 0.463 e. The van der Waals surface area contributed by atoms with E-state index in [-0.39, 0.29) is 17.9 Å². The van der Waals surface area contributed by atoms with Gasteiger partial charge in [-0.2, -0.15) is 28.1 Å². The van der Waals surface area contributed by atoms with Crippen molar-refractivity contribution in [2.24, 2.45) is 0 Å². The topological polar surface area (TPSA) is 92.2 Å². The molecule has 10 heteroatoms. The van der Waals surface area contributed by atoms with Gasteiger partial charge in [-0.15, -0.1) is 0 Å². The Kier molecular flexibility index (Phi) is 5.74. The lowest BCUT2D eigenvalue weighted by Gasteiger charge is -2.15. The Balaban J connectivity index is 2.73. The Labute approximate surface area is 113 Å². The Bertz CT molecular complexity index is 430. The van der Waals surface area contributed by atoms with Crippen LogP contribution in [-0.4, -0.2) is 52.5 Å². The summed E-state index contributed by atoms with van der Waals surface area (Å²) in [6.07, 6.45) is -6.47. The average molecular weight is 295 g/mol. The van der Waals surface area contributed by atoms with Gasteiger partial charge in [0.05, 0.1) is 13.2 Å². The van der Waals surface area contributed by atoms with E-state index < -0.39 is 18.8 Å². The second-order valence-electron chi connectivity index (χ2n) is 3.80. The van der Waals surface area contributed by atoms with Gasteiger partial charge >= 0.3 is 12.2 Å². The molecule has 1 rings (SSSR count). The lowest BCUT2D eigenvalue weighted by Crippen LogP contribution is -2.35. The molecule has 7 nitrogen and oxygen atoms in total. The Morgan fingerprint density at radius 1 is 1.25 bits per heavy atom. The molecule has 3 N–H and O–H groups in total. The maximum atomic E-state index is 12.2. The van der Waals surface area contributed by atoms with Crippen molar-refractivity contribution in [3.8, 4) is 6.01 Å². The molecule has 0 bridgehead atoms. The number of nitrogens with one attached hydrogen (secondary N) is 2. The highest BCUT2D eigenvalue weighted by atomic mass is 19.4. The van der Waals surface area contributed by atoms with Crippen LogP contribution in [0.4, 0.5) is 25.1 Å². The fourth-order valence-electron chi connectivity index (χ4n) is 1.11. The molecule has 0 aliphatic carbocycles. The molecule has 20 heavy (non-hydrogen) atoms. The van der Waals surface area contributed by atoms with Crippen LogP contribution in [0.25, 0.3) is 0 Å². The molecule has 0 aromatic carbocycles. The van der Waals surface area contributed by atoms with Crippen molar-refractivity contribution in [2.75, 3.05) is 30.8 Å². The molecule has 1 aromatic heterocycles. The summed E-state index contributed by atoms with van der Waals surface area (Å²) in [4.78, 5) is 11.5. The summed E-state index contributed by atoms with van der Waals surface area (Å²) in [5.74, 6) is 0.0360. The zero-order valence-electron chi connectivity index (χ0n) is 11.0. The summed E-state index contributed by atoms with van der Waals surface area (Å²) in [7, 11) is 1.55. The van der Waals surface area contributed by atoms with Gasteiger partial charge in [-0.3, -0.25) is 0 Å². The quantitative estimate of drug-likeness (QED) is 0.692. The normalized spacial score (nSPS) is 12.9. The fraction of sp³-hybridized carbons (Fsp3) is 0.700. The summed E-state index contributed by atoms with van der Waals surface area (Å²) >= 11 is 0. The molecule has 1 atom stereocenters. The summed E-state index contributed by atoms with van der Waals surface area (Å²) in [5, 5.41) is 13.8. The maximum Gasteiger partial charge on any atom is 0.416 e. The fourth-order valence-corrected chi connectivity index (χ4v) is 1.11. The highest BCUT2D eigenvalue weighted by Gasteiger charge is 2.38. The Morgan fingerprint density at radius 3 is 2.45 bits per heavy atom. The van der Waals surface area contributed by atoms with E-state index in [2.05, 4.69) is 25.6 Å². The van der Waals surface area contributed by atoms with Crippen molar-refractivity contribution >= 4 is 11.9 Å². The number of aliphatic hydroxyl groups is 1. The van der Waals surface area contributed by atoms with Gasteiger partial charge < -0.3 is 20.5 Å². The average Bonchev–Trinajstić information content (AvgIpc) is 2.41. The van der Waals surface area contributed by atoms with Gasteiger partial charge in [0.25, 0.3) is 0 Å². The summed E-state index contributed by atoms with van der Waals surface area (Å²) < 4.78 is 41.7. The first-order valence-electron chi connectivity index (χ1n) is 5.92. The third-order valence-corrected chi connectivity index (χ3v) is 2.11. The molecule has 0 saturated carbocycles. The third-order valence-electron chi connectivity index (χ3n) is 2.11. The van der Waals surface area contributed by atoms with Crippen LogP contribution in [0.15, 0.2) is 0 Å². The monoisotopic (exact) mass is 295 g/mol. The first kappa shape index (κ1) is 16.2. The van der Waals surface area contributed by atoms with Crippen LogP contribution in [0.2, 0.25) is 0 Å². The smallest absolute Gasteiger partial charge is 0.416 e. The molecular weight excluding hydrogens is 279 g/mol. The van der Waals surface area contributed by atoms with Crippen LogP contribution in [-0.2, 0) is 0 Å². The summed E-state index contributed by atoms with van der Waals surface area (Å²) in [5.41, 5.74) is 0. The van der Waals surface area contributed by atoms with Crippen molar-refractivity contribution in [1.82, 2.24) is 15.0 Å². The predicted octanol–water partition coefficient (Wildman–Crippen LogP) is 1.04. The Hall–Kier alpha value is -1.84. The number of aliphatic hydroxyl groups excluding tert-OH is 1. The molecule has 114 valence electrons. The Morgan fingerprint density at radius 2 is 1.90 bits per heavy atom. The van der Waals surface area contributed by atoms with Crippen molar-refractivity contribution in [1.29, 1.82) is 0 Å². The molecule has 0 amide bonds. The summed E-state index contributed by atoms with van der Waals surface area (Å²) in [6, 6.07) is -0.00445. The van der Waals surface area contributed by atoms with Gasteiger partial charge in [0.2, 0.25) is 11.9 Å². The van der Waals surface area contributed by atoms with Crippen molar-refractivity contribution < 1.29 is 23.0 Å². The molecule has 0 radical (unpaired) electrons. The van der Waals surface area contributed by atoms with Crippen LogP contribution < -0.4 is 15.4 Å². The van der Waals surface area contributed by atoms with Crippen LogP contribution in [0.5, 0.6) is 6.01 Å². The highest BCUT2D eigenvalue weighted by molar-refractivity contribution is 5.35. The SMILES string of the molecule is CCCOc1nc(NC)nc(NCC(O)C(F)(F)F)n1. The summed E-state index contributed by atoms with van der Waals surface area (Å²) in [6.45, 7) is 1.50. The first-order valence-corrected chi connectivity index (χ1v) is 5.92. The van der Waals surface area contributed by atoms with Crippen LogP contribution in [0.1, 0.15) is 13.3 Å². The zero-order chi connectivity index (χ0) is 15.2. The molecule has 0 spiro atoms. The molecule has 1 aromatic rings. The lowest BCUT2D eigenvalue weighted by molar-refractivity contribution is -0.198. The number of hydrogen-bond acceptors (Lipinski definition) is 7. The van der Waals surface area contributed by atoms with Gasteiger partial charge in [-0.25, -0.2) is 0 Å². The minimum absolute atomic E-state index is 0.00445. The van der Waals surface area contributed by atoms with Gasteiger partial charge in [0.1, 0.15) is 0 Å². The van der Waals surface area contributed by atoms with Crippen LogP contribution in [0.3, 0.4) is 0 Å². The van der Waals surface area contributed by atoms with E-state index in [1.54, 1.807) is 7.05 Å². The van der Waals surface area contributed by atoms with Crippen LogP contribution >= 0.6 is 0 Å². The number of halogens is 3. The molecule has 1 unspecified atom stereocenters. The van der Waals surface area contributed by atoms with Gasteiger partial charge in [0, 0.05) is 7.05 Å². The minimum atomic E-state index is -4.70. The molecule has 0 aliphatic heterocycles. The van der Waals surface area contributed by atoms with Gasteiger partial charge in [0.15, 0.2) is 6.10 Å². The standard InChI is InChI=1S/C10H16F3N5O2/c1-3-4-20-9-17-7(14-2)16-8(18-9)15-5-6(19)10(11,12)13/h6,19H,3-5H2,1-2H3,(H2,14,15,16,17,18). The number of anilines is 2. The second kappa shape index (κ2) is 7.08. The molecule has 0 aliphatic rings. The second-order valence-corrected chi connectivity index (χ2v) is 3.80. The van der Waals surface area contributed by atoms with E-state index in [4.69, 9.17) is 9.84 Å². The van der Waals surface area contributed by atoms with E-state index in [1.807, 2.05) is 6.92 Å². The molecule has 0 saturated heterocycles. The minimum Gasteiger partial charge on any atom is -0.463 e. The third kappa shape index (κ3) is 5.03. The lowest BCUT2D eigenvalue weighted by atomic mass is 10.3. The number of ether oxygens (including phenoxy) is 1. The van der Waals surface area contributed by atoms with Gasteiger partial charge in [-0.1, -0.05) is 6.92 Å². The predicted molar refractivity (Wildman–Crippen MR) is 65.7 cm³/mol. The van der Waals surface area contributed by atoms with Crippen LogP contribution in [0, 0.1) is 0 Å². The van der Waals surface area contributed by atoms with E-state index in [0.29, 0.717) is 6.61 Å². The number of hydrogen-bond donors (Lipinski definition) is 3.